The van der Waals surface area contributed by atoms with Gasteiger partial charge in [0.1, 0.15) is 11.3 Å². The molecule has 0 atom stereocenters. The van der Waals surface area contributed by atoms with E-state index in [0.29, 0.717) is 28.2 Å². The lowest BCUT2D eigenvalue weighted by molar-refractivity contribution is 0.193. The summed E-state index contributed by atoms with van der Waals surface area (Å²) in [5.41, 5.74) is 1.90. The molecule has 0 spiro atoms. The lowest BCUT2D eigenvalue weighted by Gasteiger charge is -2.32. The summed E-state index contributed by atoms with van der Waals surface area (Å²) in [5, 5.41) is 18.0. The van der Waals surface area contributed by atoms with Gasteiger partial charge in [-0.1, -0.05) is 49.2 Å². The molecule has 35 heavy (non-hydrogen) atoms. The monoisotopic (exact) mass is 515 g/mol. The molecule has 0 radical (unpaired) electrons. The van der Waals surface area contributed by atoms with Gasteiger partial charge in [0, 0.05) is 18.5 Å². The highest BCUT2D eigenvalue weighted by Crippen LogP contribution is 2.33. The molecular weight excluding hydrogens is 485 g/mol. The number of hydrogen-bond acceptors (Lipinski definition) is 6. The number of ether oxygens (including phenoxy) is 2. The summed E-state index contributed by atoms with van der Waals surface area (Å²) in [4.78, 5) is 2.48. The summed E-state index contributed by atoms with van der Waals surface area (Å²) in [6.07, 6.45) is 3.14. The molecule has 0 unspecified atom stereocenters. The van der Waals surface area contributed by atoms with Gasteiger partial charge in [-0.3, -0.25) is 10.8 Å². The van der Waals surface area contributed by atoms with E-state index in [0.717, 1.165) is 50.0 Å². The van der Waals surface area contributed by atoms with Crippen molar-refractivity contribution in [3.05, 3.63) is 63.8 Å². The van der Waals surface area contributed by atoms with Crippen LogP contribution in [0, 0.1) is 16.7 Å². The zero-order valence-electron chi connectivity index (χ0n) is 20.1. The minimum absolute atomic E-state index is 0.0351. The number of furan rings is 1. The standard InChI is InChI=1S/C27H31Cl2N3O3/c1-17(2)26(30)35-27(31)25-16-20-23(5-3-6-24(20)34-25)33-14-4-11-32-12-9-18(10-13-32)19-7-8-21(28)22(29)15-19/h3,5-8,15-18,30-31H,4,9-14H2,1-2H3. The molecule has 0 aliphatic carbocycles. The Kier molecular flexibility index (Phi) is 8.37. The van der Waals surface area contributed by atoms with E-state index in [4.69, 9.17) is 47.9 Å². The van der Waals surface area contributed by atoms with Crippen molar-refractivity contribution in [2.75, 3.05) is 26.2 Å². The van der Waals surface area contributed by atoms with Crippen LogP contribution in [0.3, 0.4) is 0 Å². The van der Waals surface area contributed by atoms with Crippen molar-refractivity contribution in [3.8, 4) is 5.75 Å². The number of halogens is 2. The van der Waals surface area contributed by atoms with E-state index in [9.17, 15) is 0 Å². The first-order valence-electron chi connectivity index (χ1n) is 12.0. The quantitative estimate of drug-likeness (QED) is 0.186. The molecule has 0 saturated carbocycles. The normalized spacial score (nSPS) is 15.0. The van der Waals surface area contributed by atoms with Gasteiger partial charge in [-0.2, -0.15) is 0 Å². The van der Waals surface area contributed by atoms with Gasteiger partial charge in [0.15, 0.2) is 11.7 Å². The molecule has 1 saturated heterocycles. The third kappa shape index (κ3) is 6.37. The molecule has 186 valence electrons. The smallest absolute Gasteiger partial charge is 0.256 e. The summed E-state index contributed by atoms with van der Waals surface area (Å²) in [7, 11) is 0. The lowest BCUT2D eigenvalue weighted by atomic mass is 9.89. The Bertz CT molecular complexity index is 1200. The fraction of sp³-hybridized carbons (Fsp3) is 0.407. The summed E-state index contributed by atoms with van der Waals surface area (Å²) in [6, 6.07) is 13.3. The largest absolute Gasteiger partial charge is 0.493 e. The summed E-state index contributed by atoms with van der Waals surface area (Å²) in [6.45, 7) is 7.38. The molecule has 3 aromatic rings. The Morgan fingerprint density at radius 3 is 2.57 bits per heavy atom. The highest BCUT2D eigenvalue weighted by Gasteiger charge is 2.21. The van der Waals surface area contributed by atoms with Gasteiger partial charge in [-0.05, 0) is 68.1 Å². The summed E-state index contributed by atoms with van der Waals surface area (Å²) < 4.78 is 17.1. The average Bonchev–Trinajstić information content (AvgIpc) is 3.29. The van der Waals surface area contributed by atoms with E-state index in [1.165, 1.54) is 5.56 Å². The second kappa shape index (κ2) is 11.5. The van der Waals surface area contributed by atoms with Crippen LogP contribution in [0.25, 0.3) is 11.0 Å². The van der Waals surface area contributed by atoms with Crippen molar-refractivity contribution >= 4 is 46.0 Å². The van der Waals surface area contributed by atoms with Gasteiger partial charge in [-0.15, -0.1) is 0 Å². The van der Waals surface area contributed by atoms with Crippen LogP contribution in [0.1, 0.15) is 50.4 Å². The number of nitrogens with one attached hydrogen (secondary N) is 2. The van der Waals surface area contributed by atoms with Crippen LogP contribution in [0.4, 0.5) is 0 Å². The first kappa shape index (κ1) is 25.5. The van der Waals surface area contributed by atoms with Crippen LogP contribution in [0.5, 0.6) is 5.75 Å². The average molecular weight is 516 g/mol. The van der Waals surface area contributed by atoms with Crippen molar-refractivity contribution in [3.63, 3.8) is 0 Å². The third-order valence-electron chi connectivity index (χ3n) is 6.36. The first-order valence-corrected chi connectivity index (χ1v) is 12.7. The Hall–Kier alpha value is -2.54. The van der Waals surface area contributed by atoms with Crippen LogP contribution in [-0.2, 0) is 4.74 Å². The molecule has 0 amide bonds. The number of likely N-dealkylation sites (tertiary alicyclic amines) is 1. The fourth-order valence-electron chi connectivity index (χ4n) is 4.28. The predicted octanol–water partition coefficient (Wildman–Crippen LogP) is 7.36. The van der Waals surface area contributed by atoms with E-state index in [1.807, 2.05) is 44.2 Å². The maximum absolute atomic E-state index is 8.11. The number of fused-ring (bicyclic) bond motifs is 1. The molecule has 1 aliphatic rings. The molecule has 1 aliphatic heterocycles. The number of nitrogens with zero attached hydrogens (tertiary/aromatic N) is 1. The molecule has 2 aromatic carbocycles. The van der Waals surface area contributed by atoms with Crippen LogP contribution < -0.4 is 4.74 Å². The highest BCUT2D eigenvalue weighted by molar-refractivity contribution is 6.42. The predicted molar refractivity (Wildman–Crippen MR) is 142 cm³/mol. The third-order valence-corrected chi connectivity index (χ3v) is 7.10. The second-order valence-corrected chi connectivity index (χ2v) is 10.0. The number of piperidine rings is 1. The molecule has 2 heterocycles. The molecule has 6 nitrogen and oxygen atoms in total. The van der Waals surface area contributed by atoms with Crippen molar-refractivity contribution in [1.82, 2.24) is 4.90 Å². The lowest BCUT2D eigenvalue weighted by Crippen LogP contribution is -2.34. The molecule has 2 N–H and O–H groups in total. The molecule has 4 rings (SSSR count). The topological polar surface area (TPSA) is 82.5 Å². The van der Waals surface area contributed by atoms with Crippen molar-refractivity contribution in [2.45, 2.75) is 39.0 Å². The van der Waals surface area contributed by atoms with E-state index in [-0.39, 0.29) is 23.5 Å². The number of benzene rings is 2. The minimum Gasteiger partial charge on any atom is -0.493 e. The zero-order valence-corrected chi connectivity index (χ0v) is 21.6. The van der Waals surface area contributed by atoms with Crippen molar-refractivity contribution in [1.29, 1.82) is 10.8 Å². The second-order valence-electron chi connectivity index (χ2n) is 9.22. The SMILES string of the molecule is CC(C)C(=N)OC(=N)c1cc2c(OCCCN3CCC(c4ccc(Cl)c(Cl)c4)CC3)cccc2o1. The van der Waals surface area contributed by atoms with Crippen molar-refractivity contribution < 1.29 is 13.9 Å². The summed E-state index contributed by atoms with van der Waals surface area (Å²) in [5.74, 6) is 1.30. The molecule has 1 aromatic heterocycles. The molecule has 8 heteroatoms. The Morgan fingerprint density at radius 2 is 1.86 bits per heavy atom. The first-order chi connectivity index (χ1) is 16.8. The van der Waals surface area contributed by atoms with Gasteiger partial charge >= 0.3 is 0 Å². The Morgan fingerprint density at radius 1 is 1.09 bits per heavy atom. The number of rotatable bonds is 8. The summed E-state index contributed by atoms with van der Waals surface area (Å²) >= 11 is 12.2. The Balaban J connectivity index is 1.26. The van der Waals surface area contributed by atoms with Crippen LogP contribution in [0.15, 0.2) is 46.9 Å². The van der Waals surface area contributed by atoms with Gasteiger partial charge in [0.2, 0.25) is 0 Å². The van der Waals surface area contributed by atoms with Crippen LogP contribution in [0.2, 0.25) is 10.0 Å². The van der Waals surface area contributed by atoms with Gasteiger partial charge in [-0.25, -0.2) is 0 Å². The minimum atomic E-state index is -0.171. The maximum atomic E-state index is 8.11. The van der Waals surface area contributed by atoms with E-state index < -0.39 is 0 Å². The van der Waals surface area contributed by atoms with Crippen LogP contribution >= 0.6 is 23.2 Å². The zero-order chi connectivity index (χ0) is 24.9. The highest BCUT2D eigenvalue weighted by atomic mass is 35.5. The molecule has 0 bridgehead atoms. The maximum Gasteiger partial charge on any atom is 0.256 e. The van der Waals surface area contributed by atoms with Gasteiger partial charge in [0.25, 0.3) is 5.90 Å². The fourth-order valence-corrected chi connectivity index (χ4v) is 4.58. The molecule has 1 fully saturated rings. The van der Waals surface area contributed by atoms with E-state index >= 15 is 0 Å². The molecular formula is C27H31Cl2N3O3. The number of hydrogen-bond donors (Lipinski definition) is 2. The van der Waals surface area contributed by atoms with E-state index in [2.05, 4.69) is 11.0 Å². The van der Waals surface area contributed by atoms with Gasteiger partial charge in [0.05, 0.1) is 22.0 Å². The Labute approximate surface area is 216 Å². The van der Waals surface area contributed by atoms with Crippen molar-refractivity contribution in [2.24, 2.45) is 5.92 Å². The van der Waals surface area contributed by atoms with Crippen LogP contribution in [-0.4, -0.2) is 42.9 Å². The van der Waals surface area contributed by atoms with Gasteiger partial charge < -0.3 is 18.8 Å². The van der Waals surface area contributed by atoms with E-state index in [1.54, 1.807) is 6.07 Å².